The summed E-state index contributed by atoms with van der Waals surface area (Å²) in [6.07, 6.45) is -1.59. The molecule has 0 amide bonds. The van der Waals surface area contributed by atoms with Crippen molar-refractivity contribution in [1.29, 1.82) is 0 Å². The van der Waals surface area contributed by atoms with Crippen LogP contribution in [0.15, 0.2) is 17.1 Å². The van der Waals surface area contributed by atoms with Crippen molar-refractivity contribution in [2.45, 2.75) is 25.4 Å². The molecule has 19 heavy (non-hydrogen) atoms. The van der Waals surface area contributed by atoms with Crippen molar-refractivity contribution >= 4 is 5.82 Å². The number of nitrogen functional groups attached to an aromatic ring is 1. The van der Waals surface area contributed by atoms with E-state index < -0.39 is 29.5 Å². The fraction of sp³-hybridized carbons (Fsp3) is 0.636. The summed E-state index contributed by atoms with van der Waals surface area (Å²) < 4.78 is 6.55. The van der Waals surface area contributed by atoms with E-state index >= 15 is 0 Å². The predicted molar refractivity (Wildman–Crippen MR) is 65.1 cm³/mol. The van der Waals surface area contributed by atoms with Gasteiger partial charge in [0, 0.05) is 11.6 Å². The van der Waals surface area contributed by atoms with Gasteiger partial charge >= 0.3 is 5.69 Å². The molecule has 5 N–H and O–H groups in total. The monoisotopic (exact) mass is 271 g/mol. The SMILES string of the molecule is C[C@]1(CO)C(CO)OC(n2ccc(N)nc2=O)C1O. The molecular formula is C11H17N3O5. The molecule has 1 aliphatic heterocycles. The van der Waals surface area contributed by atoms with Gasteiger partial charge in [-0.15, -0.1) is 0 Å². The van der Waals surface area contributed by atoms with Crippen molar-refractivity contribution < 1.29 is 20.1 Å². The van der Waals surface area contributed by atoms with E-state index in [4.69, 9.17) is 10.5 Å². The quantitative estimate of drug-likeness (QED) is 0.503. The summed E-state index contributed by atoms with van der Waals surface area (Å²) in [4.78, 5) is 15.3. The van der Waals surface area contributed by atoms with Crippen LogP contribution in [0.25, 0.3) is 0 Å². The molecule has 1 fully saturated rings. The minimum Gasteiger partial charge on any atom is -0.396 e. The van der Waals surface area contributed by atoms with Crippen LogP contribution in [0, 0.1) is 5.41 Å². The van der Waals surface area contributed by atoms with Crippen LogP contribution in [0.2, 0.25) is 0 Å². The molecular weight excluding hydrogens is 254 g/mol. The van der Waals surface area contributed by atoms with Crippen molar-refractivity contribution in [3.63, 3.8) is 0 Å². The van der Waals surface area contributed by atoms with Crippen LogP contribution in [-0.4, -0.2) is 50.3 Å². The highest BCUT2D eigenvalue weighted by Crippen LogP contribution is 2.42. The second-order valence-corrected chi connectivity index (χ2v) is 4.85. The molecule has 8 nitrogen and oxygen atoms in total. The smallest absolute Gasteiger partial charge is 0.351 e. The van der Waals surface area contributed by atoms with E-state index in [0.717, 1.165) is 4.57 Å². The summed E-state index contributed by atoms with van der Waals surface area (Å²) in [6, 6.07) is 1.40. The molecule has 8 heteroatoms. The second-order valence-electron chi connectivity index (χ2n) is 4.85. The van der Waals surface area contributed by atoms with Crippen LogP contribution in [0.4, 0.5) is 5.82 Å². The predicted octanol–water partition coefficient (Wildman–Crippen LogP) is -1.93. The first-order chi connectivity index (χ1) is 8.93. The van der Waals surface area contributed by atoms with Crippen LogP contribution in [-0.2, 0) is 4.74 Å². The summed E-state index contributed by atoms with van der Waals surface area (Å²) >= 11 is 0. The Morgan fingerprint density at radius 3 is 2.74 bits per heavy atom. The number of hydrogen-bond acceptors (Lipinski definition) is 7. The summed E-state index contributed by atoms with van der Waals surface area (Å²) in [5, 5.41) is 28.9. The van der Waals surface area contributed by atoms with Gasteiger partial charge in [0.05, 0.1) is 19.3 Å². The van der Waals surface area contributed by atoms with E-state index in [1.807, 2.05) is 0 Å². The molecule has 1 aromatic rings. The van der Waals surface area contributed by atoms with E-state index in [1.54, 1.807) is 6.92 Å². The number of nitrogens with zero attached hydrogens (tertiary/aromatic N) is 2. The fourth-order valence-electron chi connectivity index (χ4n) is 2.20. The number of aliphatic hydroxyl groups excluding tert-OH is 3. The molecule has 0 saturated carbocycles. The molecule has 0 bridgehead atoms. The summed E-state index contributed by atoms with van der Waals surface area (Å²) in [6.45, 7) is 0.823. The number of rotatable bonds is 3. The third-order valence-corrected chi connectivity index (χ3v) is 3.62. The van der Waals surface area contributed by atoms with E-state index in [1.165, 1.54) is 12.3 Å². The van der Waals surface area contributed by atoms with Crippen molar-refractivity contribution in [2.24, 2.45) is 5.41 Å². The van der Waals surface area contributed by atoms with E-state index in [9.17, 15) is 20.1 Å². The molecule has 1 saturated heterocycles. The molecule has 0 spiro atoms. The standard InChI is InChI=1S/C11H17N3O5/c1-11(5-16)6(4-15)19-9(8(11)17)14-3-2-7(12)13-10(14)18/h2-3,6,8-9,15-17H,4-5H2,1H3,(H2,12,13,18)/t6?,8?,9?,11-/m0/s1. The van der Waals surface area contributed by atoms with Gasteiger partial charge in [-0.3, -0.25) is 4.57 Å². The maximum absolute atomic E-state index is 11.7. The first-order valence-corrected chi connectivity index (χ1v) is 5.84. The Bertz CT molecular complexity index is 519. The van der Waals surface area contributed by atoms with Gasteiger partial charge in [0.2, 0.25) is 0 Å². The number of ether oxygens (including phenoxy) is 1. The maximum atomic E-state index is 11.7. The van der Waals surface area contributed by atoms with Crippen LogP contribution in [0.5, 0.6) is 0 Å². The van der Waals surface area contributed by atoms with Crippen molar-refractivity contribution in [2.75, 3.05) is 18.9 Å². The molecule has 106 valence electrons. The van der Waals surface area contributed by atoms with Gasteiger partial charge in [-0.05, 0) is 6.07 Å². The lowest BCUT2D eigenvalue weighted by molar-refractivity contribution is -0.0571. The van der Waals surface area contributed by atoms with Crippen molar-refractivity contribution in [1.82, 2.24) is 9.55 Å². The largest absolute Gasteiger partial charge is 0.396 e. The average molecular weight is 271 g/mol. The molecule has 2 rings (SSSR count). The normalized spacial score (nSPS) is 34.6. The number of anilines is 1. The number of aliphatic hydroxyl groups is 3. The minimum absolute atomic E-state index is 0.0670. The van der Waals surface area contributed by atoms with Gasteiger partial charge < -0.3 is 25.8 Å². The Labute approximate surface area is 109 Å². The van der Waals surface area contributed by atoms with Crippen LogP contribution >= 0.6 is 0 Å². The summed E-state index contributed by atoms with van der Waals surface area (Å²) in [5.41, 5.74) is 3.67. The van der Waals surface area contributed by atoms with Crippen LogP contribution < -0.4 is 11.4 Å². The number of aromatic nitrogens is 2. The van der Waals surface area contributed by atoms with Gasteiger partial charge in [-0.1, -0.05) is 6.92 Å². The Kier molecular flexibility index (Phi) is 3.59. The molecule has 0 aromatic carbocycles. The Morgan fingerprint density at radius 2 is 2.26 bits per heavy atom. The lowest BCUT2D eigenvalue weighted by atomic mass is 9.81. The van der Waals surface area contributed by atoms with E-state index in [0.29, 0.717) is 0 Å². The Hall–Kier alpha value is -1.48. The highest BCUT2D eigenvalue weighted by atomic mass is 16.5. The lowest BCUT2D eigenvalue weighted by Gasteiger charge is -2.29. The van der Waals surface area contributed by atoms with Gasteiger partial charge in [0.15, 0.2) is 6.23 Å². The van der Waals surface area contributed by atoms with Gasteiger partial charge in [-0.2, -0.15) is 4.98 Å². The van der Waals surface area contributed by atoms with Crippen molar-refractivity contribution in [3.05, 3.63) is 22.7 Å². The third-order valence-electron chi connectivity index (χ3n) is 3.62. The minimum atomic E-state index is -1.15. The molecule has 0 radical (unpaired) electrons. The second kappa shape index (κ2) is 4.89. The molecule has 4 atom stereocenters. The first-order valence-electron chi connectivity index (χ1n) is 5.84. The zero-order valence-corrected chi connectivity index (χ0v) is 10.4. The molecule has 2 heterocycles. The fourth-order valence-corrected chi connectivity index (χ4v) is 2.20. The highest BCUT2D eigenvalue weighted by molar-refractivity contribution is 5.23. The Morgan fingerprint density at radius 1 is 1.58 bits per heavy atom. The van der Waals surface area contributed by atoms with Crippen LogP contribution in [0.3, 0.4) is 0 Å². The van der Waals surface area contributed by atoms with Gasteiger partial charge in [0.25, 0.3) is 0 Å². The van der Waals surface area contributed by atoms with Crippen LogP contribution in [0.1, 0.15) is 13.2 Å². The highest BCUT2D eigenvalue weighted by Gasteiger charge is 2.53. The summed E-state index contributed by atoms with van der Waals surface area (Å²) in [5.74, 6) is 0.0670. The lowest BCUT2D eigenvalue weighted by Crippen LogP contribution is -2.43. The van der Waals surface area contributed by atoms with E-state index in [-0.39, 0.29) is 19.0 Å². The van der Waals surface area contributed by atoms with Gasteiger partial charge in [-0.25, -0.2) is 4.79 Å². The zero-order valence-electron chi connectivity index (χ0n) is 10.4. The third kappa shape index (κ3) is 2.12. The average Bonchev–Trinajstić information content (AvgIpc) is 2.63. The maximum Gasteiger partial charge on any atom is 0.351 e. The van der Waals surface area contributed by atoms with Gasteiger partial charge in [0.1, 0.15) is 11.9 Å². The molecule has 1 aliphatic rings. The molecule has 0 aliphatic carbocycles. The molecule has 1 aromatic heterocycles. The number of nitrogens with two attached hydrogens (primary N) is 1. The zero-order chi connectivity index (χ0) is 14.2. The topological polar surface area (TPSA) is 131 Å². The number of hydrogen-bond donors (Lipinski definition) is 4. The van der Waals surface area contributed by atoms with E-state index in [2.05, 4.69) is 4.98 Å². The summed E-state index contributed by atoms with van der Waals surface area (Å²) in [7, 11) is 0. The first kappa shape index (κ1) is 13.9. The Balaban J connectivity index is 2.39. The molecule has 3 unspecified atom stereocenters. The van der Waals surface area contributed by atoms with Crippen molar-refractivity contribution in [3.8, 4) is 0 Å².